The third-order valence-electron chi connectivity index (χ3n) is 4.54. The summed E-state index contributed by atoms with van der Waals surface area (Å²) in [6.45, 7) is 0.0452. The third kappa shape index (κ3) is 7.01. The summed E-state index contributed by atoms with van der Waals surface area (Å²) in [4.78, 5) is 35.5. The molecule has 0 bridgehead atoms. The van der Waals surface area contributed by atoms with E-state index in [4.69, 9.17) is 5.73 Å². The van der Waals surface area contributed by atoms with Gasteiger partial charge >= 0.3 is 0 Å². The molecule has 0 aromatic heterocycles. The highest BCUT2D eigenvalue weighted by molar-refractivity contribution is 5.97. The van der Waals surface area contributed by atoms with Gasteiger partial charge in [-0.3, -0.25) is 14.4 Å². The van der Waals surface area contributed by atoms with Crippen LogP contribution in [0.15, 0.2) is 78.9 Å². The predicted molar refractivity (Wildman–Crippen MR) is 122 cm³/mol. The fourth-order valence-corrected chi connectivity index (χ4v) is 2.94. The van der Waals surface area contributed by atoms with Crippen molar-refractivity contribution in [1.82, 2.24) is 0 Å². The second-order valence-corrected chi connectivity index (χ2v) is 6.96. The Morgan fingerprint density at radius 3 is 2.10 bits per heavy atom. The summed E-state index contributed by atoms with van der Waals surface area (Å²) < 4.78 is 0. The molecule has 0 heterocycles. The first-order valence-electron chi connectivity index (χ1n) is 9.87. The van der Waals surface area contributed by atoms with Gasteiger partial charge in [0.15, 0.2) is 0 Å². The average Bonchev–Trinajstić information content (AvgIpc) is 2.78. The number of nitrogens with two attached hydrogens (primary N) is 1. The Morgan fingerprint density at radius 1 is 0.710 bits per heavy atom. The van der Waals surface area contributed by atoms with E-state index in [9.17, 15) is 14.4 Å². The van der Waals surface area contributed by atoms with Crippen molar-refractivity contribution in [2.75, 3.05) is 22.5 Å². The van der Waals surface area contributed by atoms with E-state index in [0.29, 0.717) is 29.8 Å². The van der Waals surface area contributed by atoms with Gasteiger partial charge in [-0.1, -0.05) is 36.4 Å². The molecular formula is C24H24N4O3. The first kappa shape index (κ1) is 21.6. The Hall–Kier alpha value is -4.13. The molecule has 0 spiro atoms. The lowest BCUT2D eigenvalue weighted by molar-refractivity contribution is -0.116. The predicted octanol–water partition coefficient (Wildman–Crippen LogP) is 3.41. The molecule has 3 amide bonds. The molecular weight excluding hydrogens is 392 g/mol. The minimum Gasteiger partial charge on any atom is -0.376 e. The quantitative estimate of drug-likeness (QED) is 0.428. The molecule has 0 unspecified atom stereocenters. The van der Waals surface area contributed by atoms with Crippen LogP contribution in [0.5, 0.6) is 0 Å². The summed E-state index contributed by atoms with van der Waals surface area (Å²) in [7, 11) is 0. The highest BCUT2D eigenvalue weighted by atomic mass is 16.2. The van der Waals surface area contributed by atoms with Gasteiger partial charge in [-0.05, 0) is 54.4 Å². The summed E-state index contributed by atoms with van der Waals surface area (Å²) >= 11 is 0. The fraction of sp³-hybridized carbons (Fsp3) is 0.125. The van der Waals surface area contributed by atoms with Crippen molar-refractivity contribution >= 4 is 34.8 Å². The van der Waals surface area contributed by atoms with Crippen LogP contribution >= 0.6 is 0 Å². The molecule has 0 fully saturated rings. The van der Waals surface area contributed by atoms with Gasteiger partial charge in [0.25, 0.3) is 0 Å². The molecule has 31 heavy (non-hydrogen) atoms. The lowest BCUT2D eigenvalue weighted by atomic mass is 10.1. The van der Waals surface area contributed by atoms with Gasteiger partial charge in [-0.25, -0.2) is 0 Å². The Balaban J connectivity index is 1.43. The number of carbonyl (C=O) groups excluding carboxylic acids is 3. The van der Waals surface area contributed by atoms with Gasteiger partial charge in [0.2, 0.25) is 17.7 Å². The van der Waals surface area contributed by atoms with Crippen LogP contribution < -0.4 is 21.7 Å². The molecule has 3 aromatic carbocycles. The minimum atomic E-state index is -0.554. The van der Waals surface area contributed by atoms with Crippen LogP contribution in [0.1, 0.15) is 22.3 Å². The Morgan fingerprint density at radius 2 is 1.39 bits per heavy atom. The van der Waals surface area contributed by atoms with Crippen LogP contribution in [0.3, 0.4) is 0 Å². The van der Waals surface area contributed by atoms with Gasteiger partial charge in [0.05, 0.1) is 6.54 Å². The molecule has 0 aliphatic carbocycles. The number of nitrogens with one attached hydrogen (secondary N) is 3. The van der Waals surface area contributed by atoms with E-state index in [2.05, 4.69) is 16.0 Å². The maximum Gasteiger partial charge on any atom is 0.248 e. The number of amides is 3. The normalized spacial score (nSPS) is 10.2. The van der Waals surface area contributed by atoms with Crippen molar-refractivity contribution in [2.45, 2.75) is 12.8 Å². The number of hydrogen-bond acceptors (Lipinski definition) is 4. The van der Waals surface area contributed by atoms with Crippen LogP contribution in [0.2, 0.25) is 0 Å². The number of carbonyl (C=O) groups is 3. The molecule has 0 saturated heterocycles. The van der Waals surface area contributed by atoms with Crippen LogP contribution in [0.25, 0.3) is 0 Å². The molecule has 7 heteroatoms. The van der Waals surface area contributed by atoms with Crippen molar-refractivity contribution in [3.05, 3.63) is 90.0 Å². The van der Waals surface area contributed by atoms with Crippen LogP contribution in [0.4, 0.5) is 17.1 Å². The van der Waals surface area contributed by atoms with E-state index < -0.39 is 5.91 Å². The highest BCUT2D eigenvalue weighted by Crippen LogP contribution is 2.15. The summed E-state index contributed by atoms with van der Waals surface area (Å²) in [5.41, 5.74) is 8.62. The number of hydrogen-bond donors (Lipinski definition) is 4. The van der Waals surface area contributed by atoms with Crippen molar-refractivity contribution < 1.29 is 14.4 Å². The van der Waals surface area contributed by atoms with Crippen LogP contribution in [0, 0.1) is 0 Å². The smallest absolute Gasteiger partial charge is 0.248 e. The van der Waals surface area contributed by atoms with E-state index in [1.54, 1.807) is 42.5 Å². The zero-order valence-electron chi connectivity index (χ0n) is 16.9. The summed E-state index contributed by atoms with van der Waals surface area (Å²) in [5.74, 6) is -0.872. The van der Waals surface area contributed by atoms with Crippen molar-refractivity contribution in [2.24, 2.45) is 5.73 Å². The van der Waals surface area contributed by atoms with Gasteiger partial charge in [0.1, 0.15) is 0 Å². The van der Waals surface area contributed by atoms with E-state index in [1.807, 2.05) is 30.3 Å². The molecule has 0 aliphatic heterocycles. The molecule has 3 rings (SSSR count). The summed E-state index contributed by atoms with van der Waals surface area (Å²) in [6.07, 6.45) is 1.09. The van der Waals surface area contributed by atoms with E-state index in [0.717, 1.165) is 11.3 Å². The largest absolute Gasteiger partial charge is 0.376 e. The SMILES string of the molecule is NC(=O)c1cccc(NC(=O)CNc2ccc(NC(=O)CCc3ccccc3)cc2)c1. The van der Waals surface area contributed by atoms with Crippen molar-refractivity contribution in [1.29, 1.82) is 0 Å². The summed E-state index contributed by atoms with van der Waals surface area (Å²) in [5, 5.41) is 8.59. The van der Waals surface area contributed by atoms with E-state index in [1.165, 1.54) is 6.07 Å². The highest BCUT2D eigenvalue weighted by Gasteiger charge is 2.06. The Labute approximate surface area is 180 Å². The number of primary amides is 1. The van der Waals surface area contributed by atoms with Gasteiger partial charge < -0.3 is 21.7 Å². The maximum atomic E-state index is 12.1. The van der Waals surface area contributed by atoms with Crippen molar-refractivity contribution in [3.63, 3.8) is 0 Å². The standard InChI is InChI=1S/C24H24N4O3/c25-24(31)18-7-4-8-21(15-18)28-23(30)16-26-19-10-12-20(13-11-19)27-22(29)14-9-17-5-2-1-3-6-17/h1-8,10-13,15,26H,9,14,16H2,(H2,25,31)(H,27,29)(H,28,30). The minimum absolute atomic E-state index is 0.0452. The third-order valence-corrected chi connectivity index (χ3v) is 4.54. The second kappa shape index (κ2) is 10.6. The molecule has 5 N–H and O–H groups in total. The number of rotatable bonds is 9. The number of anilines is 3. The first-order valence-corrected chi connectivity index (χ1v) is 9.87. The van der Waals surface area contributed by atoms with Gasteiger partial charge in [-0.2, -0.15) is 0 Å². The first-order chi connectivity index (χ1) is 15.0. The molecule has 0 radical (unpaired) electrons. The monoisotopic (exact) mass is 416 g/mol. The lowest BCUT2D eigenvalue weighted by Gasteiger charge is -2.10. The second-order valence-electron chi connectivity index (χ2n) is 6.96. The molecule has 158 valence electrons. The van der Waals surface area contributed by atoms with E-state index in [-0.39, 0.29) is 18.4 Å². The van der Waals surface area contributed by atoms with E-state index >= 15 is 0 Å². The van der Waals surface area contributed by atoms with Gasteiger partial charge in [0, 0.05) is 29.0 Å². The molecule has 0 saturated carbocycles. The van der Waals surface area contributed by atoms with Crippen LogP contribution in [-0.2, 0) is 16.0 Å². The van der Waals surface area contributed by atoms with Gasteiger partial charge in [-0.15, -0.1) is 0 Å². The molecule has 0 atom stereocenters. The van der Waals surface area contributed by atoms with Crippen LogP contribution in [-0.4, -0.2) is 24.3 Å². The average molecular weight is 416 g/mol. The molecule has 3 aromatic rings. The lowest BCUT2D eigenvalue weighted by Crippen LogP contribution is -2.22. The fourth-order valence-electron chi connectivity index (χ4n) is 2.94. The molecule has 0 aliphatic rings. The topological polar surface area (TPSA) is 113 Å². The van der Waals surface area contributed by atoms with Crippen molar-refractivity contribution in [3.8, 4) is 0 Å². The summed E-state index contributed by atoms with van der Waals surface area (Å²) in [6, 6.07) is 23.4. The number of benzene rings is 3. The molecule has 7 nitrogen and oxygen atoms in total. The zero-order valence-corrected chi connectivity index (χ0v) is 16.9. The maximum absolute atomic E-state index is 12.1. The zero-order chi connectivity index (χ0) is 22.1. The Kier molecular flexibility index (Phi) is 7.37. The Bertz CT molecular complexity index is 1050. The number of aryl methyl sites for hydroxylation is 1.